The summed E-state index contributed by atoms with van der Waals surface area (Å²) in [4.78, 5) is 5.42. The Hall–Kier alpha value is -6.31. The van der Waals surface area contributed by atoms with E-state index in [0.29, 0.717) is 0 Å². The molecule has 1 heterocycles. The number of hydrogen-bond acceptors (Lipinski definition) is 1. The van der Waals surface area contributed by atoms with Gasteiger partial charge in [0.1, 0.15) is 0 Å². The highest BCUT2D eigenvalue weighted by Gasteiger charge is 2.19. The van der Waals surface area contributed by atoms with E-state index in [1.165, 1.54) is 87.2 Å². The molecule has 0 aliphatic carbocycles. The summed E-state index contributed by atoms with van der Waals surface area (Å²) in [7, 11) is 0. The summed E-state index contributed by atoms with van der Waals surface area (Å²) in [5, 5.41) is 12.1. The van der Waals surface area contributed by atoms with Gasteiger partial charge in [0.2, 0.25) is 0 Å². The van der Waals surface area contributed by atoms with Gasteiger partial charge in [0.15, 0.2) is 0 Å². The molecular weight excluding hydrogens is 579 g/mol. The van der Waals surface area contributed by atoms with E-state index in [1.54, 1.807) is 0 Å². The lowest BCUT2D eigenvalue weighted by Gasteiger charge is -2.19. The average molecular weight is 608 g/mol. The molecule has 0 atom stereocenters. The van der Waals surface area contributed by atoms with E-state index >= 15 is 0 Å². The van der Waals surface area contributed by atoms with E-state index in [9.17, 15) is 0 Å². The van der Waals surface area contributed by atoms with Crippen LogP contribution < -0.4 is 0 Å². The Morgan fingerprint density at radius 1 is 0.250 bits per heavy atom. The standard InChI is InChI=1S/C47H29N/c1-2-15-32(16-3-1)43-37-21-8-10-23-39(37)44(40-24-11-9-22-38(40)43)33-17-12-18-34(29-33)45-41-27-25-30-13-4-6-19-35(30)46(41)48-47-36-20-7-5-14-31(36)26-28-42(45)47/h1-29H. The van der Waals surface area contributed by atoms with E-state index in [1.807, 2.05) is 0 Å². The monoisotopic (exact) mass is 607 g/mol. The third-order valence-corrected chi connectivity index (χ3v) is 10.00. The summed E-state index contributed by atoms with van der Waals surface area (Å²) in [5.41, 5.74) is 9.49. The van der Waals surface area contributed by atoms with Gasteiger partial charge < -0.3 is 0 Å². The number of aromatic nitrogens is 1. The Morgan fingerprint density at radius 2 is 0.625 bits per heavy atom. The van der Waals surface area contributed by atoms with Gasteiger partial charge in [0.25, 0.3) is 0 Å². The summed E-state index contributed by atoms with van der Waals surface area (Å²) in [6.45, 7) is 0. The molecule has 0 unspecified atom stereocenters. The molecule has 1 heteroatoms. The van der Waals surface area contributed by atoms with E-state index in [-0.39, 0.29) is 0 Å². The van der Waals surface area contributed by atoms with Crippen LogP contribution in [0.3, 0.4) is 0 Å². The van der Waals surface area contributed by atoms with Crippen LogP contribution in [0.5, 0.6) is 0 Å². The minimum absolute atomic E-state index is 1.04. The Bertz CT molecular complexity index is 2730. The maximum absolute atomic E-state index is 5.42. The van der Waals surface area contributed by atoms with Crippen molar-refractivity contribution < 1.29 is 0 Å². The Morgan fingerprint density at radius 3 is 1.12 bits per heavy atom. The molecular formula is C47H29N. The van der Waals surface area contributed by atoms with Crippen LogP contribution in [0, 0.1) is 0 Å². The van der Waals surface area contributed by atoms with Gasteiger partial charge in [-0.2, -0.15) is 0 Å². The van der Waals surface area contributed by atoms with Gasteiger partial charge in [-0.25, -0.2) is 4.98 Å². The lowest BCUT2D eigenvalue weighted by molar-refractivity contribution is 1.53. The largest absolute Gasteiger partial charge is 0.246 e. The minimum atomic E-state index is 1.04. The first kappa shape index (κ1) is 26.9. The van der Waals surface area contributed by atoms with Crippen molar-refractivity contribution in [2.75, 3.05) is 0 Å². The zero-order valence-corrected chi connectivity index (χ0v) is 26.2. The quantitative estimate of drug-likeness (QED) is 0.144. The maximum atomic E-state index is 5.42. The van der Waals surface area contributed by atoms with Gasteiger partial charge in [-0.3, -0.25) is 0 Å². The van der Waals surface area contributed by atoms with Crippen LogP contribution in [0.2, 0.25) is 0 Å². The van der Waals surface area contributed by atoms with Crippen molar-refractivity contribution in [1.82, 2.24) is 4.98 Å². The van der Waals surface area contributed by atoms with Crippen molar-refractivity contribution in [2.24, 2.45) is 0 Å². The molecule has 0 radical (unpaired) electrons. The first-order valence-corrected chi connectivity index (χ1v) is 16.6. The number of benzene rings is 9. The van der Waals surface area contributed by atoms with Crippen molar-refractivity contribution in [3.05, 3.63) is 176 Å². The average Bonchev–Trinajstić information content (AvgIpc) is 3.16. The predicted molar refractivity (Wildman–Crippen MR) is 206 cm³/mol. The van der Waals surface area contributed by atoms with Gasteiger partial charge in [0.05, 0.1) is 11.0 Å². The number of hydrogen-bond donors (Lipinski definition) is 0. The second kappa shape index (κ2) is 10.6. The molecule has 1 nitrogen and oxygen atoms in total. The molecule has 0 amide bonds. The van der Waals surface area contributed by atoms with Crippen LogP contribution >= 0.6 is 0 Å². The maximum Gasteiger partial charge on any atom is 0.0794 e. The number of fused-ring (bicyclic) bond motifs is 8. The summed E-state index contributed by atoms with van der Waals surface area (Å²) in [6.07, 6.45) is 0. The number of nitrogens with zero attached hydrogens (tertiary/aromatic N) is 1. The molecule has 48 heavy (non-hydrogen) atoms. The number of pyridine rings is 1. The molecule has 0 saturated carbocycles. The predicted octanol–water partition coefficient (Wildman–Crippen LogP) is 13.0. The lowest BCUT2D eigenvalue weighted by atomic mass is 9.85. The van der Waals surface area contributed by atoms with Crippen molar-refractivity contribution in [3.8, 4) is 33.4 Å². The SMILES string of the molecule is c1ccc(-c2c3ccccc3c(-c3cccc(-c4c5ccc6ccccc6c5nc5c4ccc4ccccc45)c3)c3ccccc23)cc1. The molecule has 1 aromatic heterocycles. The fourth-order valence-electron chi connectivity index (χ4n) is 7.91. The van der Waals surface area contributed by atoms with Gasteiger partial charge >= 0.3 is 0 Å². The fourth-order valence-corrected chi connectivity index (χ4v) is 7.91. The van der Waals surface area contributed by atoms with Crippen LogP contribution in [-0.2, 0) is 0 Å². The van der Waals surface area contributed by atoms with Gasteiger partial charge in [-0.05, 0) is 66.2 Å². The van der Waals surface area contributed by atoms with Gasteiger partial charge in [0, 0.05) is 27.1 Å². The number of rotatable bonds is 3. The Kier molecular flexibility index (Phi) is 5.94. The van der Waals surface area contributed by atoms with Crippen molar-refractivity contribution >= 4 is 64.9 Å². The molecule has 0 fully saturated rings. The summed E-state index contributed by atoms with van der Waals surface area (Å²) >= 11 is 0. The van der Waals surface area contributed by atoms with Crippen LogP contribution in [-0.4, -0.2) is 4.98 Å². The van der Waals surface area contributed by atoms with Crippen LogP contribution in [0.1, 0.15) is 0 Å². The second-order valence-electron chi connectivity index (χ2n) is 12.6. The highest BCUT2D eigenvalue weighted by atomic mass is 14.7. The van der Waals surface area contributed by atoms with E-state index in [0.717, 1.165) is 11.0 Å². The third kappa shape index (κ3) is 4.01. The fraction of sp³-hybridized carbons (Fsp3) is 0. The molecule has 222 valence electrons. The normalized spacial score (nSPS) is 11.8. The van der Waals surface area contributed by atoms with Crippen molar-refractivity contribution in [3.63, 3.8) is 0 Å². The molecule has 0 spiro atoms. The van der Waals surface area contributed by atoms with Crippen molar-refractivity contribution in [1.29, 1.82) is 0 Å². The minimum Gasteiger partial charge on any atom is -0.246 e. The topological polar surface area (TPSA) is 12.9 Å². The zero-order chi connectivity index (χ0) is 31.6. The second-order valence-corrected chi connectivity index (χ2v) is 12.6. The zero-order valence-electron chi connectivity index (χ0n) is 26.2. The first-order valence-electron chi connectivity index (χ1n) is 16.6. The molecule has 0 saturated heterocycles. The first-order chi connectivity index (χ1) is 23.8. The molecule has 9 aromatic carbocycles. The van der Waals surface area contributed by atoms with Gasteiger partial charge in [-0.15, -0.1) is 0 Å². The molecule has 0 aliphatic heterocycles. The highest BCUT2D eigenvalue weighted by molar-refractivity contribution is 6.23. The smallest absolute Gasteiger partial charge is 0.0794 e. The Balaban J connectivity index is 1.31. The van der Waals surface area contributed by atoms with Crippen molar-refractivity contribution in [2.45, 2.75) is 0 Å². The molecule has 10 rings (SSSR count). The highest BCUT2D eigenvalue weighted by Crippen LogP contribution is 2.45. The molecule has 0 bridgehead atoms. The lowest BCUT2D eigenvalue weighted by Crippen LogP contribution is -1.93. The molecule has 10 aromatic rings. The van der Waals surface area contributed by atoms with Crippen LogP contribution in [0.25, 0.3) is 98.3 Å². The van der Waals surface area contributed by atoms with E-state index in [2.05, 4.69) is 176 Å². The van der Waals surface area contributed by atoms with E-state index in [4.69, 9.17) is 4.98 Å². The van der Waals surface area contributed by atoms with E-state index < -0.39 is 0 Å². The third-order valence-electron chi connectivity index (χ3n) is 10.00. The Labute approximate surface area is 278 Å². The van der Waals surface area contributed by atoms with Crippen LogP contribution in [0.15, 0.2) is 176 Å². The molecule has 0 aliphatic rings. The van der Waals surface area contributed by atoms with Gasteiger partial charge in [-0.1, -0.05) is 170 Å². The van der Waals surface area contributed by atoms with Crippen LogP contribution in [0.4, 0.5) is 0 Å². The molecule has 0 N–H and O–H groups in total. The summed E-state index contributed by atoms with van der Waals surface area (Å²) < 4.78 is 0. The summed E-state index contributed by atoms with van der Waals surface area (Å²) in [5.74, 6) is 0. The summed E-state index contributed by atoms with van der Waals surface area (Å²) in [6, 6.07) is 63.9.